The summed E-state index contributed by atoms with van der Waals surface area (Å²) in [5.74, 6) is 1.37. The Morgan fingerprint density at radius 3 is 2.89 bits per heavy atom. The van der Waals surface area contributed by atoms with Gasteiger partial charge in [0.2, 0.25) is 5.91 Å². The van der Waals surface area contributed by atoms with Crippen LogP contribution in [-0.4, -0.2) is 27.3 Å². The van der Waals surface area contributed by atoms with Crippen molar-refractivity contribution in [2.75, 3.05) is 5.75 Å². The van der Waals surface area contributed by atoms with Crippen LogP contribution in [0.4, 0.5) is 0 Å². The lowest BCUT2D eigenvalue weighted by Gasteiger charge is -2.34. The molecule has 0 saturated heterocycles. The molecule has 1 fully saturated rings. The van der Waals surface area contributed by atoms with Crippen molar-refractivity contribution in [3.8, 4) is 0 Å². The SMILES string of the molecule is CCCn1c(SCC(=O)N[C@@H]2CCC[C@@H](C)[C@@H]2C)nc2cc(Cl)ccc2c1=O. The van der Waals surface area contributed by atoms with E-state index in [0.29, 0.717) is 39.5 Å². The fourth-order valence-electron chi connectivity index (χ4n) is 3.87. The maximum absolute atomic E-state index is 12.9. The fourth-order valence-corrected chi connectivity index (χ4v) is 4.87. The van der Waals surface area contributed by atoms with E-state index in [1.807, 2.05) is 6.92 Å². The first-order valence-corrected chi connectivity index (χ1v) is 11.4. The zero-order valence-electron chi connectivity index (χ0n) is 16.7. The lowest BCUT2D eigenvalue weighted by Crippen LogP contribution is -2.44. The number of carbonyl (C=O) groups excluding carboxylic acids is 1. The number of nitrogens with one attached hydrogen (secondary N) is 1. The molecule has 7 heteroatoms. The lowest BCUT2D eigenvalue weighted by atomic mass is 9.78. The first-order chi connectivity index (χ1) is 13.4. The number of nitrogens with zero attached hydrogens (tertiary/aromatic N) is 2. The van der Waals surface area contributed by atoms with Crippen LogP contribution in [0, 0.1) is 11.8 Å². The minimum atomic E-state index is -0.0823. The van der Waals surface area contributed by atoms with Crippen molar-refractivity contribution in [1.29, 1.82) is 0 Å². The number of halogens is 1. The summed E-state index contributed by atoms with van der Waals surface area (Å²) in [7, 11) is 0. The molecule has 5 nitrogen and oxygen atoms in total. The van der Waals surface area contributed by atoms with Crippen LogP contribution < -0.4 is 10.9 Å². The molecule has 1 amide bonds. The standard InChI is InChI=1S/C21H28ClN3O2S/c1-4-10-25-20(27)16-9-8-15(22)11-18(16)24-21(25)28-12-19(26)23-17-7-5-6-13(2)14(17)3/h8-9,11,13-14,17H,4-7,10,12H2,1-3H3,(H,23,26)/t13-,14+,17-/m1/s1. The lowest BCUT2D eigenvalue weighted by molar-refractivity contribution is -0.120. The Morgan fingerprint density at radius 1 is 1.36 bits per heavy atom. The topological polar surface area (TPSA) is 64.0 Å². The van der Waals surface area contributed by atoms with Gasteiger partial charge in [0.25, 0.3) is 5.56 Å². The molecule has 1 aromatic carbocycles. The zero-order valence-corrected chi connectivity index (χ0v) is 18.3. The third-order valence-electron chi connectivity index (χ3n) is 5.72. The van der Waals surface area contributed by atoms with Gasteiger partial charge in [-0.2, -0.15) is 0 Å². The van der Waals surface area contributed by atoms with E-state index in [2.05, 4.69) is 24.1 Å². The highest BCUT2D eigenvalue weighted by atomic mass is 35.5. The molecule has 3 atom stereocenters. The molecule has 28 heavy (non-hydrogen) atoms. The Labute approximate surface area is 175 Å². The van der Waals surface area contributed by atoms with Crippen LogP contribution in [-0.2, 0) is 11.3 Å². The largest absolute Gasteiger partial charge is 0.352 e. The monoisotopic (exact) mass is 421 g/mol. The van der Waals surface area contributed by atoms with Gasteiger partial charge in [0.1, 0.15) is 0 Å². The second kappa shape index (κ2) is 9.31. The molecule has 152 valence electrons. The van der Waals surface area contributed by atoms with Crippen molar-refractivity contribution < 1.29 is 4.79 Å². The molecule has 1 aromatic heterocycles. The maximum atomic E-state index is 12.9. The number of hydrogen-bond donors (Lipinski definition) is 1. The first-order valence-electron chi connectivity index (χ1n) is 10.0. The van der Waals surface area contributed by atoms with Gasteiger partial charge in [-0.05, 0) is 42.9 Å². The van der Waals surface area contributed by atoms with Crippen LogP contribution in [0.3, 0.4) is 0 Å². The molecule has 0 bridgehead atoms. The Kier molecular flexibility index (Phi) is 7.05. The molecule has 1 aliphatic carbocycles. The molecule has 0 unspecified atom stereocenters. The van der Waals surface area contributed by atoms with E-state index in [9.17, 15) is 9.59 Å². The van der Waals surface area contributed by atoms with E-state index in [-0.39, 0.29) is 23.3 Å². The number of rotatable bonds is 6. The number of benzene rings is 1. The summed E-state index contributed by atoms with van der Waals surface area (Å²) >= 11 is 7.38. The van der Waals surface area contributed by atoms with Gasteiger partial charge in [0.05, 0.1) is 16.7 Å². The van der Waals surface area contributed by atoms with E-state index in [1.165, 1.54) is 18.2 Å². The number of carbonyl (C=O) groups is 1. The number of amides is 1. The summed E-state index contributed by atoms with van der Waals surface area (Å²) in [5, 5.41) is 4.85. The number of thioether (sulfide) groups is 1. The van der Waals surface area contributed by atoms with Crippen molar-refractivity contribution in [1.82, 2.24) is 14.9 Å². The zero-order chi connectivity index (χ0) is 20.3. The maximum Gasteiger partial charge on any atom is 0.262 e. The van der Waals surface area contributed by atoms with Gasteiger partial charge in [-0.25, -0.2) is 4.98 Å². The van der Waals surface area contributed by atoms with Crippen molar-refractivity contribution >= 4 is 40.2 Å². The Balaban J connectivity index is 1.76. The van der Waals surface area contributed by atoms with E-state index >= 15 is 0 Å². The van der Waals surface area contributed by atoms with Gasteiger partial charge < -0.3 is 5.32 Å². The molecular weight excluding hydrogens is 394 g/mol. The van der Waals surface area contributed by atoms with Gasteiger partial charge in [-0.3, -0.25) is 14.2 Å². The summed E-state index contributed by atoms with van der Waals surface area (Å²) in [6.45, 7) is 7.07. The van der Waals surface area contributed by atoms with E-state index in [0.717, 1.165) is 19.3 Å². The van der Waals surface area contributed by atoms with Crippen LogP contribution >= 0.6 is 23.4 Å². The molecule has 1 N–H and O–H groups in total. The molecule has 2 aromatic rings. The summed E-state index contributed by atoms with van der Waals surface area (Å²) in [5.41, 5.74) is 0.489. The smallest absolute Gasteiger partial charge is 0.262 e. The van der Waals surface area contributed by atoms with Crippen LogP contribution in [0.15, 0.2) is 28.2 Å². The van der Waals surface area contributed by atoms with Gasteiger partial charge >= 0.3 is 0 Å². The number of fused-ring (bicyclic) bond motifs is 1. The van der Waals surface area contributed by atoms with Crippen molar-refractivity contribution in [3.63, 3.8) is 0 Å². The van der Waals surface area contributed by atoms with Crippen LogP contribution in [0.2, 0.25) is 5.02 Å². The highest BCUT2D eigenvalue weighted by Crippen LogP contribution is 2.29. The van der Waals surface area contributed by atoms with Crippen LogP contribution in [0.5, 0.6) is 0 Å². The highest BCUT2D eigenvalue weighted by molar-refractivity contribution is 7.99. The summed E-state index contributed by atoms with van der Waals surface area (Å²) < 4.78 is 1.67. The van der Waals surface area contributed by atoms with Crippen LogP contribution in [0.1, 0.15) is 46.5 Å². The normalized spacial score (nSPS) is 22.4. The number of hydrogen-bond acceptors (Lipinski definition) is 4. The van der Waals surface area contributed by atoms with Crippen molar-refractivity contribution in [3.05, 3.63) is 33.6 Å². The minimum absolute atomic E-state index is 0.000520. The number of aromatic nitrogens is 2. The molecule has 1 saturated carbocycles. The van der Waals surface area contributed by atoms with Gasteiger partial charge in [-0.1, -0.05) is 57.0 Å². The molecule has 3 rings (SSSR count). The summed E-state index contributed by atoms with van der Waals surface area (Å²) in [4.78, 5) is 30.0. The highest BCUT2D eigenvalue weighted by Gasteiger charge is 2.28. The van der Waals surface area contributed by atoms with Crippen molar-refractivity contribution in [2.24, 2.45) is 11.8 Å². The van der Waals surface area contributed by atoms with E-state index < -0.39 is 0 Å². The van der Waals surface area contributed by atoms with Gasteiger partial charge in [-0.15, -0.1) is 0 Å². The Hall–Kier alpha value is -1.53. The minimum Gasteiger partial charge on any atom is -0.352 e. The third-order valence-corrected chi connectivity index (χ3v) is 6.93. The Bertz CT molecular complexity index is 914. The average molecular weight is 422 g/mol. The molecule has 1 aliphatic rings. The molecule has 0 radical (unpaired) electrons. The predicted octanol–water partition coefficient (Wildman–Crippen LogP) is 4.49. The Morgan fingerprint density at radius 2 is 2.14 bits per heavy atom. The predicted molar refractivity (Wildman–Crippen MR) is 116 cm³/mol. The summed E-state index contributed by atoms with van der Waals surface area (Å²) in [6, 6.07) is 5.35. The van der Waals surface area contributed by atoms with Gasteiger partial charge in [0, 0.05) is 17.6 Å². The second-order valence-corrected chi connectivity index (χ2v) is 9.12. The van der Waals surface area contributed by atoms with E-state index in [1.54, 1.807) is 22.8 Å². The van der Waals surface area contributed by atoms with E-state index in [4.69, 9.17) is 11.6 Å². The average Bonchev–Trinajstić information content (AvgIpc) is 2.66. The summed E-state index contributed by atoms with van der Waals surface area (Å²) in [6.07, 6.45) is 4.24. The fraction of sp³-hybridized carbons (Fsp3) is 0.571. The van der Waals surface area contributed by atoms with Crippen LogP contribution in [0.25, 0.3) is 10.9 Å². The third kappa shape index (κ3) is 4.71. The molecule has 1 heterocycles. The quantitative estimate of drug-likeness (QED) is 0.551. The first kappa shape index (κ1) is 21.2. The second-order valence-electron chi connectivity index (χ2n) is 7.74. The molecule has 0 aliphatic heterocycles. The molecule has 0 spiro atoms. The van der Waals surface area contributed by atoms with Crippen molar-refractivity contribution in [2.45, 2.75) is 64.2 Å². The van der Waals surface area contributed by atoms with Gasteiger partial charge in [0.15, 0.2) is 5.16 Å². The molecular formula is C21H28ClN3O2S.